The van der Waals surface area contributed by atoms with Gasteiger partial charge in [-0.25, -0.2) is 0 Å². The lowest BCUT2D eigenvalue weighted by molar-refractivity contribution is -0.141. The molecular weight excluding hydrogens is 246 g/mol. The first kappa shape index (κ1) is 13.2. The Balaban J connectivity index is 1.66. The van der Waals surface area contributed by atoms with E-state index in [1.54, 1.807) is 0 Å². The molecule has 112 valence electrons. The number of carbonyl (C=O) groups excluding carboxylic acids is 1. The molecule has 0 aromatic heterocycles. The van der Waals surface area contributed by atoms with Crippen LogP contribution in [0.25, 0.3) is 0 Å². The summed E-state index contributed by atoms with van der Waals surface area (Å²) in [6, 6.07) is 0. The maximum absolute atomic E-state index is 12.0. The number of amides is 1. The number of hydrogen-bond acceptors (Lipinski definition) is 1. The van der Waals surface area contributed by atoms with E-state index in [9.17, 15) is 4.79 Å². The second-order valence-corrected chi connectivity index (χ2v) is 8.72. The highest BCUT2D eigenvalue weighted by atomic mass is 16.1. The molecule has 1 saturated heterocycles. The van der Waals surface area contributed by atoms with Crippen molar-refractivity contribution in [1.29, 1.82) is 0 Å². The van der Waals surface area contributed by atoms with E-state index >= 15 is 0 Å². The summed E-state index contributed by atoms with van der Waals surface area (Å²) in [5.41, 5.74) is 0.941. The fourth-order valence-electron chi connectivity index (χ4n) is 6.78. The van der Waals surface area contributed by atoms with Gasteiger partial charge in [-0.3, -0.25) is 4.79 Å². The molecule has 20 heavy (non-hydrogen) atoms. The zero-order valence-electron chi connectivity index (χ0n) is 13.1. The van der Waals surface area contributed by atoms with Gasteiger partial charge in [-0.1, -0.05) is 20.3 Å². The Hall–Kier alpha value is -0.530. The molecular formula is C18H29NO. The third-order valence-corrected chi connectivity index (χ3v) is 7.93. The molecule has 6 atom stereocenters. The second-order valence-electron chi connectivity index (χ2n) is 8.72. The largest absolute Gasteiger partial charge is 0.356 e. The number of piperidine rings is 1. The smallest absolute Gasteiger partial charge is 0.220 e. The van der Waals surface area contributed by atoms with Gasteiger partial charge in [-0.15, -0.1) is 0 Å². The van der Waals surface area contributed by atoms with Crippen molar-refractivity contribution in [2.75, 3.05) is 6.54 Å². The van der Waals surface area contributed by atoms with Gasteiger partial charge in [0.15, 0.2) is 0 Å². The summed E-state index contributed by atoms with van der Waals surface area (Å²) in [4.78, 5) is 12.0. The molecule has 0 bridgehead atoms. The minimum atomic E-state index is 0.301. The van der Waals surface area contributed by atoms with E-state index in [2.05, 4.69) is 19.2 Å². The quantitative estimate of drug-likeness (QED) is 0.716. The van der Waals surface area contributed by atoms with Crippen molar-refractivity contribution in [2.24, 2.45) is 34.5 Å². The molecule has 1 amide bonds. The van der Waals surface area contributed by atoms with Crippen LogP contribution in [0.1, 0.15) is 65.2 Å². The van der Waals surface area contributed by atoms with Crippen LogP contribution in [0.5, 0.6) is 0 Å². The van der Waals surface area contributed by atoms with Crippen LogP contribution in [0.15, 0.2) is 0 Å². The van der Waals surface area contributed by atoms with Gasteiger partial charge in [-0.05, 0) is 73.0 Å². The number of carbonyl (C=O) groups is 1. The molecule has 3 aliphatic carbocycles. The fourth-order valence-corrected chi connectivity index (χ4v) is 6.78. The van der Waals surface area contributed by atoms with Gasteiger partial charge in [0.2, 0.25) is 5.91 Å². The van der Waals surface area contributed by atoms with E-state index in [1.807, 2.05) is 0 Å². The van der Waals surface area contributed by atoms with Gasteiger partial charge in [0.1, 0.15) is 0 Å². The normalized spacial score (nSPS) is 54.6. The minimum Gasteiger partial charge on any atom is -0.356 e. The van der Waals surface area contributed by atoms with Crippen molar-refractivity contribution in [2.45, 2.75) is 65.2 Å². The first-order valence-electron chi connectivity index (χ1n) is 8.80. The number of fused-ring (bicyclic) bond motifs is 5. The Labute approximate surface area is 123 Å². The zero-order chi connectivity index (χ0) is 14.0. The van der Waals surface area contributed by atoms with Crippen LogP contribution >= 0.6 is 0 Å². The van der Waals surface area contributed by atoms with Crippen LogP contribution in [-0.2, 0) is 4.79 Å². The third-order valence-electron chi connectivity index (χ3n) is 7.93. The summed E-state index contributed by atoms with van der Waals surface area (Å²) in [7, 11) is 0. The van der Waals surface area contributed by atoms with Gasteiger partial charge in [0.25, 0.3) is 0 Å². The molecule has 3 saturated carbocycles. The van der Waals surface area contributed by atoms with Crippen LogP contribution in [0.3, 0.4) is 0 Å². The molecule has 2 heteroatoms. The fraction of sp³-hybridized carbons (Fsp3) is 0.944. The lowest BCUT2D eigenvalue weighted by Gasteiger charge is -2.59. The van der Waals surface area contributed by atoms with Crippen molar-refractivity contribution in [3.8, 4) is 0 Å². The van der Waals surface area contributed by atoms with Gasteiger partial charge < -0.3 is 5.32 Å². The molecule has 0 spiro atoms. The van der Waals surface area contributed by atoms with Gasteiger partial charge >= 0.3 is 0 Å². The zero-order valence-corrected chi connectivity index (χ0v) is 13.1. The van der Waals surface area contributed by atoms with Crippen LogP contribution in [0.4, 0.5) is 0 Å². The molecule has 1 N–H and O–H groups in total. The van der Waals surface area contributed by atoms with Crippen molar-refractivity contribution >= 4 is 5.91 Å². The molecule has 4 aliphatic rings. The van der Waals surface area contributed by atoms with Crippen molar-refractivity contribution < 1.29 is 4.79 Å². The Morgan fingerprint density at radius 2 is 1.90 bits per heavy atom. The Morgan fingerprint density at radius 1 is 1.05 bits per heavy atom. The monoisotopic (exact) mass is 275 g/mol. The van der Waals surface area contributed by atoms with Crippen molar-refractivity contribution in [3.63, 3.8) is 0 Å². The summed E-state index contributed by atoms with van der Waals surface area (Å²) in [5.74, 6) is 3.76. The first-order chi connectivity index (χ1) is 9.53. The standard InChI is InChI=1S/C18H29NO/c1-17-8-3-4-14(17)13-6-5-12-11-19-16(20)10-18(12,2)15(13)7-9-17/h12-15H,3-11H2,1-2H3,(H,19,20)/t12-,13-,14+,15+,17+,18+/m0/s1. The predicted molar refractivity (Wildman–Crippen MR) is 80.1 cm³/mol. The lowest BCUT2D eigenvalue weighted by atomic mass is 9.46. The molecule has 1 heterocycles. The average molecular weight is 275 g/mol. The Morgan fingerprint density at radius 3 is 2.75 bits per heavy atom. The average Bonchev–Trinajstić information content (AvgIpc) is 2.79. The SMILES string of the molecule is C[C@]12CCC[C@@H]1[C@@H]1CC[C@H]3CNC(=O)C[C@@]3(C)[C@@H]1CC2. The molecule has 2 nitrogen and oxygen atoms in total. The van der Waals surface area contributed by atoms with Crippen LogP contribution < -0.4 is 5.32 Å². The van der Waals surface area contributed by atoms with E-state index in [1.165, 1.54) is 44.9 Å². The Kier molecular flexibility index (Phi) is 2.79. The van der Waals surface area contributed by atoms with Gasteiger partial charge in [0, 0.05) is 13.0 Å². The molecule has 4 fully saturated rings. The number of nitrogens with one attached hydrogen (secondary N) is 1. The summed E-state index contributed by atoms with van der Waals surface area (Å²) >= 11 is 0. The summed E-state index contributed by atoms with van der Waals surface area (Å²) in [5, 5.41) is 3.12. The second kappa shape index (κ2) is 4.24. The van der Waals surface area contributed by atoms with E-state index in [0.717, 1.165) is 36.6 Å². The summed E-state index contributed by atoms with van der Waals surface area (Å²) in [6.07, 6.45) is 10.8. The van der Waals surface area contributed by atoms with Gasteiger partial charge in [0.05, 0.1) is 0 Å². The van der Waals surface area contributed by atoms with Crippen LogP contribution in [0, 0.1) is 34.5 Å². The van der Waals surface area contributed by atoms with E-state index in [4.69, 9.17) is 0 Å². The topological polar surface area (TPSA) is 29.1 Å². The molecule has 0 unspecified atom stereocenters. The highest BCUT2D eigenvalue weighted by molar-refractivity contribution is 5.77. The summed E-state index contributed by atoms with van der Waals surface area (Å²) < 4.78 is 0. The van der Waals surface area contributed by atoms with Crippen molar-refractivity contribution in [3.05, 3.63) is 0 Å². The maximum Gasteiger partial charge on any atom is 0.220 e. The first-order valence-corrected chi connectivity index (χ1v) is 8.80. The third kappa shape index (κ3) is 1.66. The highest BCUT2D eigenvalue weighted by Gasteiger charge is 2.58. The van der Waals surface area contributed by atoms with E-state index in [-0.39, 0.29) is 0 Å². The summed E-state index contributed by atoms with van der Waals surface area (Å²) in [6.45, 7) is 5.95. The van der Waals surface area contributed by atoms with Crippen LogP contribution in [0.2, 0.25) is 0 Å². The maximum atomic E-state index is 12.0. The van der Waals surface area contributed by atoms with E-state index in [0.29, 0.717) is 16.7 Å². The molecule has 0 aromatic carbocycles. The molecule has 1 aliphatic heterocycles. The predicted octanol–water partition coefficient (Wildman–Crippen LogP) is 3.76. The Bertz CT molecular complexity index is 433. The molecule has 4 rings (SSSR count). The van der Waals surface area contributed by atoms with Crippen molar-refractivity contribution in [1.82, 2.24) is 5.32 Å². The molecule has 0 aromatic rings. The van der Waals surface area contributed by atoms with Gasteiger partial charge in [-0.2, -0.15) is 0 Å². The number of rotatable bonds is 0. The highest BCUT2D eigenvalue weighted by Crippen LogP contribution is 2.64. The van der Waals surface area contributed by atoms with Crippen LogP contribution in [-0.4, -0.2) is 12.5 Å². The lowest BCUT2D eigenvalue weighted by Crippen LogP contribution is -2.57. The number of hydrogen-bond donors (Lipinski definition) is 1. The molecule has 0 radical (unpaired) electrons. The van der Waals surface area contributed by atoms with E-state index < -0.39 is 0 Å². The minimum absolute atomic E-state index is 0.301.